The first kappa shape index (κ1) is 15.2. The molecule has 1 unspecified atom stereocenters. The topological polar surface area (TPSA) is 105 Å². The zero-order valence-corrected chi connectivity index (χ0v) is 12.9. The van der Waals surface area contributed by atoms with Crippen molar-refractivity contribution in [3.8, 4) is 11.5 Å². The Morgan fingerprint density at radius 1 is 1.13 bits per heavy atom. The van der Waals surface area contributed by atoms with Gasteiger partial charge >= 0.3 is 12.6 Å². The van der Waals surface area contributed by atoms with Gasteiger partial charge in [-0.1, -0.05) is 18.2 Å². The van der Waals surface area contributed by atoms with Crippen molar-refractivity contribution >= 4 is 15.9 Å². The lowest BCUT2D eigenvalue weighted by Crippen LogP contribution is -2.28. The summed E-state index contributed by atoms with van der Waals surface area (Å²) >= 11 is 0. The van der Waals surface area contributed by atoms with E-state index < -0.39 is 22.4 Å². The second-order valence-corrected chi connectivity index (χ2v) is 6.76. The van der Waals surface area contributed by atoms with Crippen molar-refractivity contribution in [2.24, 2.45) is 5.73 Å². The van der Waals surface area contributed by atoms with E-state index in [9.17, 15) is 13.2 Å². The van der Waals surface area contributed by atoms with Gasteiger partial charge in [0.25, 0.3) is 0 Å². The summed E-state index contributed by atoms with van der Waals surface area (Å²) in [5.41, 5.74) is 5.38. The van der Waals surface area contributed by atoms with Crippen LogP contribution in [0.1, 0.15) is 5.56 Å². The van der Waals surface area contributed by atoms with Gasteiger partial charge in [-0.2, -0.15) is 0 Å². The number of carbonyl (C=O) groups excluding carboxylic acids is 1. The smallest absolute Gasteiger partial charge is 0.410 e. The minimum Gasteiger partial charge on any atom is -0.419 e. The molecule has 0 radical (unpaired) electrons. The van der Waals surface area contributed by atoms with Crippen LogP contribution in [0.4, 0.5) is 4.79 Å². The summed E-state index contributed by atoms with van der Waals surface area (Å²) in [4.78, 5) is 11.0. The van der Waals surface area contributed by atoms with E-state index in [4.69, 9.17) is 15.2 Å². The van der Waals surface area contributed by atoms with Crippen LogP contribution in [0.25, 0.3) is 0 Å². The van der Waals surface area contributed by atoms with Crippen LogP contribution in [0.5, 0.6) is 11.5 Å². The zero-order chi connectivity index (χ0) is 16.6. The van der Waals surface area contributed by atoms with Gasteiger partial charge in [0, 0.05) is 6.07 Å². The number of hydrogen-bond acceptors (Lipinski definition) is 6. The lowest BCUT2D eigenvalue weighted by Gasteiger charge is -2.08. The van der Waals surface area contributed by atoms with Crippen LogP contribution in [0.2, 0.25) is 0 Å². The summed E-state index contributed by atoms with van der Waals surface area (Å²) in [5, 5.41) is 0. The van der Waals surface area contributed by atoms with Crippen molar-refractivity contribution in [3.63, 3.8) is 0 Å². The lowest BCUT2D eigenvalue weighted by molar-refractivity contribution is -0.133. The van der Waals surface area contributed by atoms with E-state index in [0.29, 0.717) is 5.56 Å². The van der Waals surface area contributed by atoms with Crippen LogP contribution >= 0.6 is 0 Å². The SMILES string of the molecule is Cc1cc2c(cc1S(=O)(=O)c1ccccc1)OC(OC(N)=O)O2. The maximum Gasteiger partial charge on any atom is 0.410 e. The van der Waals surface area contributed by atoms with Crippen LogP contribution in [-0.4, -0.2) is 21.0 Å². The molecule has 120 valence electrons. The number of amides is 1. The number of fused-ring (bicyclic) bond motifs is 1. The molecule has 1 atom stereocenters. The molecule has 0 saturated heterocycles. The summed E-state index contributed by atoms with van der Waals surface area (Å²) in [6, 6.07) is 10.9. The predicted molar refractivity (Wildman–Crippen MR) is 78.8 cm³/mol. The van der Waals surface area contributed by atoms with E-state index in [1.807, 2.05) is 0 Å². The third-order valence-corrected chi connectivity index (χ3v) is 5.15. The average molecular weight is 335 g/mol. The van der Waals surface area contributed by atoms with Crippen LogP contribution in [0.15, 0.2) is 52.3 Å². The van der Waals surface area contributed by atoms with Crippen molar-refractivity contribution < 1.29 is 27.4 Å². The van der Waals surface area contributed by atoms with E-state index in [-0.39, 0.29) is 21.3 Å². The van der Waals surface area contributed by atoms with Crippen LogP contribution in [0, 0.1) is 6.92 Å². The van der Waals surface area contributed by atoms with Crippen molar-refractivity contribution in [1.29, 1.82) is 0 Å². The average Bonchev–Trinajstić information content (AvgIpc) is 2.87. The molecule has 1 aliphatic heterocycles. The quantitative estimate of drug-likeness (QED) is 0.919. The van der Waals surface area contributed by atoms with Gasteiger partial charge in [0.15, 0.2) is 11.5 Å². The number of nitrogens with two attached hydrogens (primary N) is 1. The number of benzene rings is 2. The molecule has 3 rings (SSSR count). The summed E-state index contributed by atoms with van der Waals surface area (Å²) in [5.74, 6) is 0.442. The van der Waals surface area contributed by atoms with Crippen molar-refractivity contribution in [2.75, 3.05) is 0 Å². The molecular weight excluding hydrogens is 322 g/mol. The molecule has 0 spiro atoms. The number of rotatable bonds is 3. The summed E-state index contributed by atoms with van der Waals surface area (Å²) < 4.78 is 40.5. The number of sulfone groups is 1. The molecule has 0 aromatic heterocycles. The van der Waals surface area contributed by atoms with Crippen molar-refractivity contribution in [3.05, 3.63) is 48.0 Å². The van der Waals surface area contributed by atoms with E-state index in [2.05, 4.69) is 4.74 Å². The second kappa shape index (κ2) is 5.47. The first-order valence-corrected chi connectivity index (χ1v) is 8.10. The highest BCUT2D eigenvalue weighted by Crippen LogP contribution is 2.39. The Balaban J connectivity index is 2.00. The van der Waals surface area contributed by atoms with Gasteiger partial charge in [-0.3, -0.25) is 0 Å². The van der Waals surface area contributed by atoms with Gasteiger partial charge in [-0.05, 0) is 30.7 Å². The standard InChI is InChI=1S/C15H13NO6S/c1-9-7-11-12(21-15(20-11)22-14(16)17)8-13(9)23(18,19)10-5-3-2-4-6-10/h2-8,15H,1H3,(H2,16,17). The highest BCUT2D eigenvalue weighted by molar-refractivity contribution is 7.91. The Kier molecular flexibility index (Phi) is 3.61. The Morgan fingerprint density at radius 2 is 1.74 bits per heavy atom. The first-order valence-electron chi connectivity index (χ1n) is 6.62. The Labute approximate surface area is 132 Å². The zero-order valence-electron chi connectivity index (χ0n) is 12.1. The maximum atomic E-state index is 12.7. The molecule has 0 saturated carbocycles. The van der Waals surface area contributed by atoms with E-state index in [0.717, 1.165) is 0 Å². The Morgan fingerprint density at radius 3 is 2.35 bits per heavy atom. The number of ether oxygens (including phenoxy) is 3. The van der Waals surface area contributed by atoms with E-state index in [1.54, 1.807) is 25.1 Å². The minimum absolute atomic E-state index is 0.0887. The largest absolute Gasteiger partial charge is 0.419 e. The number of hydrogen-bond donors (Lipinski definition) is 1. The fraction of sp³-hybridized carbons (Fsp3) is 0.133. The fourth-order valence-electron chi connectivity index (χ4n) is 2.22. The van der Waals surface area contributed by atoms with Gasteiger partial charge in [-0.25, -0.2) is 13.2 Å². The van der Waals surface area contributed by atoms with Crippen molar-refractivity contribution in [1.82, 2.24) is 0 Å². The van der Waals surface area contributed by atoms with Crippen LogP contribution in [0.3, 0.4) is 0 Å². The fourth-order valence-corrected chi connectivity index (χ4v) is 3.73. The van der Waals surface area contributed by atoms with Gasteiger partial charge in [0.05, 0.1) is 9.79 Å². The molecule has 8 heteroatoms. The van der Waals surface area contributed by atoms with Gasteiger partial charge in [-0.15, -0.1) is 0 Å². The molecule has 2 aromatic carbocycles. The predicted octanol–water partition coefficient (Wildman–Crippen LogP) is 1.98. The third-order valence-electron chi connectivity index (χ3n) is 3.24. The highest BCUT2D eigenvalue weighted by Gasteiger charge is 2.30. The number of aryl methyl sites for hydroxylation is 1. The van der Waals surface area contributed by atoms with Gasteiger partial charge in [0.2, 0.25) is 9.84 Å². The number of primary amides is 1. The molecule has 2 N–H and O–H groups in total. The Hall–Kier alpha value is -2.74. The van der Waals surface area contributed by atoms with Gasteiger partial charge in [0.1, 0.15) is 0 Å². The molecule has 1 amide bonds. The first-order chi connectivity index (χ1) is 10.9. The molecule has 0 aliphatic carbocycles. The molecule has 1 aliphatic rings. The Bertz CT molecular complexity index is 863. The number of carbonyl (C=O) groups is 1. The highest BCUT2D eigenvalue weighted by atomic mass is 32.2. The monoisotopic (exact) mass is 335 g/mol. The molecule has 7 nitrogen and oxygen atoms in total. The molecule has 1 heterocycles. The second-order valence-electron chi connectivity index (χ2n) is 4.84. The molecule has 0 fully saturated rings. The van der Waals surface area contributed by atoms with Gasteiger partial charge < -0.3 is 19.9 Å². The lowest BCUT2D eigenvalue weighted by atomic mass is 10.2. The van der Waals surface area contributed by atoms with E-state index in [1.165, 1.54) is 24.3 Å². The van der Waals surface area contributed by atoms with Crippen molar-refractivity contribution in [2.45, 2.75) is 23.2 Å². The summed E-state index contributed by atoms with van der Waals surface area (Å²) in [6.07, 6.45) is -1.06. The van der Waals surface area contributed by atoms with Crippen LogP contribution < -0.4 is 15.2 Å². The summed E-state index contributed by atoms with van der Waals surface area (Å²) in [7, 11) is -3.70. The molecule has 23 heavy (non-hydrogen) atoms. The molecule has 2 aromatic rings. The van der Waals surface area contributed by atoms with E-state index >= 15 is 0 Å². The third kappa shape index (κ3) is 2.80. The normalized spacial score (nSPS) is 16.1. The summed E-state index contributed by atoms with van der Waals surface area (Å²) in [6.45, 7) is 0.318. The molecule has 0 bridgehead atoms. The van der Waals surface area contributed by atoms with Crippen LogP contribution in [-0.2, 0) is 14.6 Å². The minimum atomic E-state index is -3.70. The maximum absolute atomic E-state index is 12.7. The molecular formula is C15H13NO6S.